The number of phosphoric ester groups is 1. The molecule has 0 saturated carbocycles. The Morgan fingerprint density at radius 1 is 1.35 bits per heavy atom. The Morgan fingerprint density at radius 2 is 1.88 bits per heavy atom. The van der Waals surface area contributed by atoms with Gasteiger partial charge in [-0.25, -0.2) is 8.77 Å². The van der Waals surface area contributed by atoms with E-state index in [1.54, 1.807) is 0 Å². The van der Waals surface area contributed by atoms with Crippen molar-refractivity contribution in [3.63, 3.8) is 0 Å². The number of hydrogen-bond donors (Lipinski definition) is 2. The third-order valence-corrected chi connectivity index (χ3v) is 2.87. The molecule has 0 saturated heterocycles. The van der Waals surface area contributed by atoms with Gasteiger partial charge in [-0.05, 0) is 17.7 Å². The minimum absolute atomic E-state index is 0.0395. The Morgan fingerprint density at radius 3 is 2.29 bits per heavy atom. The fourth-order valence-electron chi connectivity index (χ4n) is 0.959. The fourth-order valence-corrected chi connectivity index (χ4v) is 1.85. The Balaban J connectivity index is 2.66. The summed E-state index contributed by atoms with van der Waals surface area (Å²) in [5.74, 6) is 0.0395. The zero-order valence-electron chi connectivity index (χ0n) is 8.81. The molecule has 0 aliphatic rings. The summed E-state index contributed by atoms with van der Waals surface area (Å²) in [6.45, 7) is 0.0645. The lowest BCUT2D eigenvalue weighted by molar-refractivity contribution is 0.283. The van der Waals surface area contributed by atoms with Crippen LogP contribution in [0.25, 0.3) is 0 Å². The second kappa shape index (κ2) is 5.43. The van der Waals surface area contributed by atoms with Crippen molar-refractivity contribution in [2.24, 2.45) is 0 Å². The van der Waals surface area contributed by atoms with E-state index >= 15 is 0 Å². The first kappa shape index (κ1) is 14.6. The molecule has 96 valence electrons. The molecule has 0 radical (unpaired) electrons. The normalized spacial score (nSPS) is 15.2. The quantitative estimate of drug-likeness (QED) is 0.782. The molecule has 0 fully saturated rings. The highest BCUT2D eigenvalue weighted by Crippen LogP contribution is 2.37. The zero-order chi connectivity index (χ0) is 13.1. The van der Waals surface area contributed by atoms with E-state index in [0.29, 0.717) is 5.56 Å². The largest absolute Gasteiger partial charge is 0.524 e. The van der Waals surface area contributed by atoms with Crippen molar-refractivity contribution in [2.75, 3.05) is 6.26 Å². The van der Waals surface area contributed by atoms with Gasteiger partial charge in [-0.2, -0.15) is 0 Å². The van der Waals surface area contributed by atoms with Crippen molar-refractivity contribution in [1.82, 2.24) is 0 Å². The summed E-state index contributed by atoms with van der Waals surface area (Å²) in [5, 5.41) is 0. The van der Waals surface area contributed by atoms with Gasteiger partial charge in [0, 0.05) is 17.4 Å². The standard InChI is InChI=1S/C8H11O6PS2/c1-17(12,16)13-6-7-2-4-8(5-3-7)14-15(9,10)11/h2-5H,6H2,1H3,(H2,9,10,11). The van der Waals surface area contributed by atoms with E-state index in [0.717, 1.165) is 0 Å². The van der Waals surface area contributed by atoms with E-state index in [2.05, 4.69) is 15.7 Å². The summed E-state index contributed by atoms with van der Waals surface area (Å²) in [6.07, 6.45) is 1.30. The first-order valence-corrected chi connectivity index (χ1v) is 8.69. The van der Waals surface area contributed by atoms with E-state index in [-0.39, 0.29) is 12.4 Å². The van der Waals surface area contributed by atoms with Gasteiger partial charge < -0.3 is 4.52 Å². The van der Waals surface area contributed by atoms with Crippen molar-refractivity contribution in [3.05, 3.63) is 29.8 Å². The van der Waals surface area contributed by atoms with Crippen LogP contribution in [0.2, 0.25) is 0 Å². The van der Waals surface area contributed by atoms with Gasteiger partial charge in [0.1, 0.15) is 14.5 Å². The molecule has 1 rings (SSSR count). The molecule has 1 aromatic rings. The maximum Gasteiger partial charge on any atom is 0.524 e. The van der Waals surface area contributed by atoms with Gasteiger partial charge in [0.25, 0.3) is 0 Å². The van der Waals surface area contributed by atoms with Gasteiger partial charge in [0.2, 0.25) is 0 Å². The Kier molecular flexibility index (Phi) is 4.65. The van der Waals surface area contributed by atoms with Gasteiger partial charge in [-0.3, -0.25) is 14.0 Å². The van der Waals surface area contributed by atoms with Crippen LogP contribution < -0.4 is 4.52 Å². The summed E-state index contributed by atoms with van der Waals surface area (Å²) >= 11 is 4.56. The second-order valence-corrected chi connectivity index (χ2v) is 7.82. The molecule has 6 nitrogen and oxygen atoms in total. The zero-order valence-corrected chi connectivity index (χ0v) is 11.3. The van der Waals surface area contributed by atoms with Gasteiger partial charge >= 0.3 is 7.82 Å². The highest BCUT2D eigenvalue weighted by Gasteiger charge is 2.15. The lowest BCUT2D eigenvalue weighted by Crippen LogP contribution is -2.01. The molecular formula is C8H11O6PS2. The van der Waals surface area contributed by atoms with E-state index in [4.69, 9.17) is 14.0 Å². The van der Waals surface area contributed by atoms with Crippen LogP contribution in [0.15, 0.2) is 24.3 Å². The molecule has 0 spiro atoms. The molecule has 0 aliphatic heterocycles. The van der Waals surface area contributed by atoms with Crippen molar-refractivity contribution < 1.29 is 27.3 Å². The molecule has 9 heteroatoms. The van der Waals surface area contributed by atoms with Crippen LogP contribution in [0.4, 0.5) is 0 Å². The minimum Gasteiger partial charge on any atom is -0.404 e. The molecule has 2 N–H and O–H groups in total. The molecule has 0 aliphatic carbocycles. The average Bonchev–Trinajstić information content (AvgIpc) is 2.13. The average molecular weight is 298 g/mol. The summed E-state index contributed by atoms with van der Waals surface area (Å²) in [6, 6.07) is 5.81. The molecule has 1 atom stereocenters. The van der Waals surface area contributed by atoms with Gasteiger partial charge in [0.05, 0.1) is 6.61 Å². The molecule has 0 amide bonds. The van der Waals surface area contributed by atoms with Crippen molar-refractivity contribution in [1.29, 1.82) is 0 Å². The third-order valence-electron chi connectivity index (χ3n) is 1.59. The van der Waals surface area contributed by atoms with Crippen molar-refractivity contribution in [2.45, 2.75) is 6.61 Å². The van der Waals surface area contributed by atoms with Crippen LogP contribution in [-0.2, 0) is 35.3 Å². The third kappa shape index (κ3) is 6.72. The molecule has 0 aromatic heterocycles. The van der Waals surface area contributed by atoms with Crippen molar-refractivity contribution in [3.8, 4) is 5.75 Å². The van der Waals surface area contributed by atoms with E-state index in [9.17, 15) is 8.77 Å². The topological polar surface area (TPSA) is 93.1 Å². The molecule has 1 unspecified atom stereocenters. The highest BCUT2D eigenvalue weighted by molar-refractivity contribution is 8.29. The number of phosphoric acid groups is 1. The van der Waals surface area contributed by atoms with Gasteiger partial charge in [-0.1, -0.05) is 12.1 Å². The molecular weight excluding hydrogens is 287 g/mol. The molecule has 0 bridgehead atoms. The van der Waals surface area contributed by atoms with Crippen LogP contribution in [0, 0.1) is 0 Å². The predicted molar refractivity (Wildman–Crippen MR) is 65.3 cm³/mol. The molecule has 17 heavy (non-hydrogen) atoms. The van der Waals surface area contributed by atoms with Gasteiger partial charge in [-0.15, -0.1) is 0 Å². The fraction of sp³-hybridized carbons (Fsp3) is 0.250. The highest BCUT2D eigenvalue weighted by atomic mass is 32.8. The summed E-state index contributed by atoms with van der Waals surface area (Å²) in [4.78, 5) is 17.1. The number of hydrogen-bond acceptors (Lipinski definition) is 5. The first-order chi connectivity index (χ1) is 7.66. The number of rotatable bonds is 5. The Hall–Kier alpha value is -0.500. The summed E-state index contributed by atoms with van der Waals surface area (Å²) in [5.41, 5.74) is 0.669. The van der Waals surface area contributed by atoms with Crippen molar-refractivity contribution >= 4 is 27.8 Å². The molecule has 0 heterocycles. The lowest BCUT2D eigenvalue weighted by Gasteiger charge is -2.07. The predicted octanol–water partition coefficient (Wildman–Crippen LogP) is 0.966. The van der Waals surface area contributed by atoms with Crippen LogP contribution in [-0.4, -0.2) is 20.3 Å². The smallest absolute Gasteiger partial charge is 0.404 e. The Bertz CT molecular complexity index is 517. The summed E-state index contributed by atoms with van der Waals surface area (Å²) < 4.78 is 30.9. The van der Waals surface area contributed by atoms with Gasteiger partial charge in [0.15, 0.2) is 0 Å². The minimum atomic E-state index is -4.54. The number of benzene rings is 1. The monoisotopic (exact) mass is 298 g/mol. The Labute approximate surface area is 104 Å². The van der Waals surface area contributed by atoms with Crippen LogP contribution >= 0.6 is 7.82 Å². The van der Waals surface area contributed by atoms with Crippen LogP contribution in [0.3, 0.4) is 0 Å². The van der Waals surface area contributed by atoms with Crippen LogP contribution in [0.1, 0.15) is 5.56 Å². The van der Waals surface area contributed by atoms with Crippen LogP contribution in [0.5, 0.6) is 5.75 Å². The summed E-state index contributed by atoms with van der Waals surface area (Å²) in [7, 11) is -7.22. The maximum absolute atomic E-state index is 11.1. The second-order valence-electron chi connectivity index (χ2n) is 3.19. The van der Waals surface area contributed by atoms with E-state index < -0.39 is 16.6 Å². The SMILES string of the molecule is CS(=O)(=S)OCc1ccc(OP(=O)(O)O)cc1. The van der Waals surface area contributed by atoms with E-state index in [1.807, 2.05) is 0 Å². The maximum atomic E-state index is 11.1. The lowest BCUT2D eigenvalue weighted by atomic mass is 10.2. The van der Waals surface area contributed by atoms with E-state index in [1.165, 1.54) is 30.5 Å². The molecule has 1 aromatic carbocycles. The first-order valence-electron chi connectivity index (χ1n) is 4.34.